The second kappa shape index (κ2) is 6.56. The maximum atomic E-state index is 13.3. The number of hydrogen-bond donors (Lipinski definition) is 0. The highest BCUT2D eigenvalue weighted by atomic mass is 32.2. The number of aryl methyl sites for hydroxylation is 2. The molecular formula is C20H21NO5S. The van der Waals surface area contributed by atoms with E-state index in [9.17, 15) is 13.2 Å². The van der Waals surface area contributed by atoms with E-state index in [0.717, 1.165) is 16.7 Å². The number of carbonyl (C=O) groups excluding carboxylic acids is 1. The summed E-state index contributed by atoms with van der Waals surface area (Å²) in [5.41, 5.74) is 1.41. The molecule has 1 fully saturated rings. The van der Waals surface area contributed by atoms with Gasteiger partial charge in [-0.25, -0.2) is 8.42 Å². The van der Waals surface area contributed by atoms with Gasteiger partial charge in [0.15, 0.2) is 15.6 Å². The van der Waals surface area contributed by atoms with Crippen LogP contribution in [0, 0.1) is 13.8 Å². The Morgan fingerprint density at radius 2 is 1.93 bits per heavy atom. The summed E-state index contributed by atoms with van der Waals surface area (Å²) in [6, 6.07) is 10.7. The number of nitrogens with zero attached hydrogens (tertiary/aromatic N) is 1. The van der Waals surface area contributed by atoms with Gasteiger partial charge in [-0.15, -0.1) is 0 Å². The van der Waals surface area contributed by atoms with E-state index in [1.807, 2.05) is 50.2 Å². The number of rotatable bonds is 4. The topological polar surface area (TPSA) is 80.7 Å². The van der Waals surface area contributed by atoms with Gasteiger partial charge < -0.3 is 13.7 Å². The van der Waals surface area contributed by atoms with Crippen molar-refractivity contribution in [3.63, 3.8) is 0 Å². The highest BCUT2D eigenvalue weighted by Crippen LogP contribution is 2.29. The number of benzene rings is 1. The Balaban J connectivity index is 1.72. The summed E-state index contributed by atoms with van der Waals surface area (Å²) in [6.45, 7) is 3.89. The smallest absolute Gasteiger partial charge is 0.290 e. The molecule has 0 N–H and O–H groups in total. The van der Waals surface area contributed by atoms with Gasteiger partial charge in [-0.3, -0.25) is 4.79 Å². The van der Waals surface area contributed by atoms with E-state index >= 15 is 0 Å². The number of hydrogen-bond acceptors (Lipinski definition) is 5. The van der Waals surface area contributed by atoms with Gasteiger partial charge in [0.25, 0.3) is 5.91 Å². The fourth-order valence-electron chi connectivity index (χ4n) is 3.63. The molecule has 1 atom stereocenters. The van der Waals surface area contributed by atoms with Crippen molar-refractivity contribution in [3.05, 3.63) is 59.2 Å². The van der Waals surface area contributed by atoms with Gasteiger partial charge in [0.05, 0.1) is 18.1 Å². The average molecular weight is 387 g/mol. The van der Waals surface area contributed by atoms with Gasteiger partial charge >= 0.3 is 0 Å². The summed E-state index contributed by atoms with van der Waals surface area (Å²) in [4.78, 5) is 14.9. The minimum Gasteiger partial charge on any atom is -0.464 e. The first-order chi connectivity index (χ1) is 12.8. The van der Waals surface area contributed by atoms with Crippen LogP contribution in [0.4, 0.5) is 0 Å². The largest absolute Gasteiger partial charge is 0.464 e. The molecule has 0 saturated carbocycles. The molecular weight excluding hydrogens is 366 g/mol. The second-order valence-corrected chi connectivity index (χ2v) is 9.28. The van der Waals surface area contributed by atoms with Gasteiger partial charge in [0, 0.05) is 17.0 Å². The summed E-state index contributed by atoms with van der Waals surface area (Å²) >= 11 is 0. The molecule has 1 amide bonds. The molecule has 1 aliphatic rings. The van der Waals surface area contributed by atoms with Crippen LogP contribution in [0.5, 0.6) is 0 Å². The van der Waals surface area contributed by atoms with Crippen molar-refractivity contribution in [1.82, 2.24) is 4.90 Å². The van der Waals surface area contributed by atoms with E-state index in [-0.39, 0.29) is 35.8 Å². The van der Waals surface area contributed by atoms with Crippen LogP contribution < -0.4 is 0 Å². The zero-order valence-corrected chi connectivity index (χ0v) is 16.1. The normalized spacial score (nSPS) is 18.8. The van der Waals surface area contributed by atoms with Crippen LogP contribution in [0.15, 0.2) is 45.2 Å². The molecule has 0 bridgehead atoms. The molecule has 1 unspecified atom stereocenters. The molecule has 1 saturated heterocycles. The monoisotopic (exact) mass is 387 g/mol. The summed E-state index contributed by atoms with van der Waals surface area (Å²) < 4.78 is 35.4. The number of amides is 1. The predicted molar refractivity (Wildman–Crippen MR) is 101 cm³/mol. The first-order valence-electron chi connectivity index (χ1n) is 8.89. The molecule has 142 valence electrons. The van der Waals surface area contributed by atoms with E-state index in [2.05, 4.69) is 0 Å². The predicted octanol–water partition coefficient (Wildman–Crippen LogP) is 3.47. The van der Waals surface area contributed by atoms with Crippen LogP contribution in [0.1, 0.15) is 34.1 Å². The number of sulfone groups is 1. The molecule has 6 nitrogen and oxygen atoms in total. The zero-order chi connectivity index (χ0) is 19.2. The lowest BCUT2D eigenvalue weighted by atomic mass is 10.1. The van der Waals surface area contributed by atoms with Crippen LogP contribution in [0.3, 0.4) is 0 Å². The van der Waals surface area contributed by atoms with Gasteiger partial charge in [-0.05, 0) is 38.5 Å². The quantitative estimate of drug-likeness (QED) is 0.685. The number of carbonyl (C=O) groups is 1. The molecule has 27 heavy (non-hydrogen) atoms. The molecule has 7 heteroatoms. The lowest BCUT2D eigenvalue weighted by molar-refractivity contribution is 0.0634. The van der Waals surface area contributed by atoms with E-state index in [0.29, 0.717) is 17.8 Å². The maximum Gasteiger partial charge on any atom is 0.290 e. The van der Waals surface area contributed by atoms with Crippen molar-refractivity contribution >= 4 is 26.7 Å². The van der Waals surface area contributed by atoms with Crippen LogP contribution >= 0.6 is 0 Å². The van der Waals surface area contributed by atoms with E-state index in [1.54, 1.807) is 4.90 Å². The minimum absolute atomic E-state index is 0.0301. The highest BCUT2D eigenvalue weighted by Gasteiger charge is 2.37. The molecule has 3 heterocycles. The van der Waals surface area contributed by atoms with Crippen LogP contribution in [0.25, 0.3) is 11.0 Å². The van der Waals surface area contributed by atoms with Crippen LogP contribution in [-0.4, -0.2) is 36.8 Å². The van der Waals surface area contributed by atoms with Crippen LogP contribution in [-0.2, 0) is 16.4 Å². The van der Waals surface area contributed by atoms with Gasteiger partial charge in [-0.2, -0.15) is 0 Å². The van der Waals surface area contributed by atoms with Gasteiger partial charge in [0.1, 0.15) is 17.1 Å². The van der Waals surface area contributed by atoms with E-state index < -0.39 is 9.84 Å². The molecule has 3 aromatic rings. The van der Waals surface area contributed by atoms with Crippen LogP contribution in [0.2, 0.25) is 0 Å². The lowest BCUT2D eigenvalue weighted by Gasteiger charge is -2.26. The maximum absolute atomic E-state index is 13.3. The Bertz CT molecular complexity index is 1110. The molecule has 4 rings (SSSR count). The minimum atomic E-state index is -3.13. The lowest BCUT2D eigenvalue weighted by Crippen LogP contribution is -2.40. The highest BCUT2D eigenvalue weighted by molar-refractivity contribution is 7.91. The molecule has 0 radical (unpaired) electrons. The third-order valence-electron chi connectivity index (χ3n) is 5.07. The third kappa shape index (κ3) is 3.39. The first kappa shape index (κ1) is 17.9. The molecule has 1 aliphatic heterocycles. The number of para-hydroxylation sites is 1. The fraction of sp³-hybridized carbons (Fsp3) is 0.350. The van der Waals surface area contributed by atoms with Gasteiger partial charge in [0.2, 0.25) is 0 Å². The Hall–Kier alpha value is -2.54. The van der Waals surface area contributed by atoms with Crippen molar-refractivity contribution in [3.8, 4) is 0 Å². The van der Waals surface area contributed by atoms with Crippen molar-refractivity contribution in [1.29, 1.82) is 0 Å². The Morgan fingerprint density at radius 3 is 2.56 bits per heavy atom. The molecule has 2 aromatic heterocycles. The summed E-state index contributed by atoms with van der Waals surface area (Å²) in [7, 11) is -3.13. The summed E-state index contributed by atoms with van der Waals surface area (Å²) in [5, 5.41) is 0.883. The van der Waals surface area contributed by atoms with Crippen molar-refractivity contribution < 1.29 is 22.0 Å². The Morgan fingerprint density at radius 1 is 1.15 bits per heavy atom. The van der Waals surface area contributed by atoms with E-state index in [1.165, 1.54) is 0 Å². The Labute approximate surface area is 157 Å². The molecule has 0 spiro atoms. The van der Waals surface area contributed by atoms with Gasteiger partial charge in [-0.1, -0.05) is 18.2 Å². The van der Waals surface area contributed by atoms with E-state index in [4.69, 9.17) is 8.83 Å². The van der Waals surface area contributed by atoms with Crippen molar-refractivity contribution in [2.75, 3.05) is 11.5 Å². The third-order valence-corrected chi connectivity index (χ3v) is 6.82. The van der Waals surface area contributed by atoms with Crippen molar-refractivity contribution in [2.45, 2.75) is 32.9 Å². The SMILES string of the molecule is Cc1ccc(CN(C(=O)c2oc3ccccc3c2C)C2CCS(=O)(=O)C2)o1. The summed E-state index contributed by atoms with van der Waals surface area (Å²) in [5.74, 6) is 1.38. The molecule has 1 aromatic carbocycles. The first-order valence-corrected chi connectivity index (χ1v) is 10.7. The second-order valence-electron chi connectivity index (χ2n) is 7.05. The number of furan rings is 2. The van der Waals surface area contributed by atoms with Crippen molar-refractivity contribution in [2.24, 2.45) is 0 Å². The molecule has 0 aliphatic carbocycles. The average Bonchev–Trinajstić information content (AvgIpc) is 3.30. The zero-order valence-electron chi connectivity index (χ0n) is 15.3. The standard InChI is InChI=1S/C20H21NO5S/c1-13-7-8-16(25-13)11-21(15-9-10-27(23,24)12-15)20(22)19-14(2)17-5-3-4-6-18(17)26-19/h3-8,15H,9-12H2,1-2H3. The Kier molecular flexibility index (Phi) is 4.34. The number of fused-ring (bicyclic) bond motifs is 1. The fourth-order valence-corrected chi connectivity index (χ4v) is 5.37. The summed E-state index contributed by atoms with van der Waals surface area (Å²) in [6.07, 6.45) is 0.424.